The van der Waals surface area contributed by atoms with Crippen molar-refractivity contribution >= 4 is 28.8 Å². The smallest absolute Gasteiger partial charge is 0.232 e. The summed E-state index contributed by atoms with van der Waals surface area (Å²) in [5.41, 5.74) is 4.03. The third-order valence-electron chi connectivity index (χ3n) is 5.21. The number of para-hydroxylation sites is 2. The first-order valence-electron chi connectivity index (χ1n) is 10.0. The number of piperidine rings is 1. The van der Waals surface area contributed by atoms with Crippen LogP contribution in [-0.4, -0.2) is 32.8 Å². The molecule has 0 radical (unpaired) electrons. The molecule has 0 aliphatic carbocycles. The van der Waals surface area contributed by atoms with Crippen LogP contribution in [0.2, 0.25) is 0 Å². The van der Waals surface area contributed by atoms with Gasteiger partial charge in [0.25, 0.3) is 0 Å². The molecular weight excluding hydrogens is 382 g/mol. The maximum absolute atomic E-state index is 5.87. The van der Waals surface area contributed by atoms with Crippen LogP contribution in [0.5, 0.6) is 0 Å². The monoisotopic (exact) mass is 405 g/mol. The Kier molecular flexibility index (Phi) is 4.97. The van der Waals surface area contributed by atoms with Gasteiger partial charge in [-0.15, -0.1) is 10.2 Å². The summed E-state index contributed by atoms with van der Waals surface area (Å²) in [4.78, 5) is 6.93. The van der Waals surface area contributed by atoms with Gasteiger partial charge in [-0.25, -0.2) is 4.98 Å². The highest BCUT2D eigenvalue weighted by Gasteiger charge is 2.22. The zero-order valence-corrected chi connectivity index (χ0v) is 17.2. The molecule has 0 N–H and O–H groups in total. The van der Waals surface area contributed by atoms with Gasteiger partial charge in [-0.2, -0.15) is 0 Å². The minimum absolute atomic E-state index is 0.610. The van der Waals surface area contributed by atoms with E-state index in [-0.39, 0.29) is 0 Å². The molecule has 7 heteroatoms. The van der Waals surface area contributed by atoms with Crippen molar-refractivity contribution in [3.8, 4) is 5.69 Å². The lowest BCUT2D eigenvalue weighted by Crippen LogP contribution is -2.31. The zero-order chi connectivity index (χ0) is 19.6. The maximum atomic E-state index is 5.87. The van der Waals surface area contributed by atoms with Gasteiger partial charge in [-0.05, 0) is 50.5 Å². The van der Waals surface area contributed by atoms with Gasteiger partial charge in [0, 0.05) is 13.1 Å². The third-order valence-corrected chi connectivity index (χ3v) is 6.12. The van der Waals surface area contributed by atoms with E-state index < -0.39 is 0 Å². The number of aryl methyl sites for hydroxylation is 1. The quantitative estimate of drug-likeness (QED) is 0.436. The summed E-state index contributed by atoms with van der Waals surface area (Å²) in [5, 5.41) is 9.94. The molecule has 0 bridgehead atoms. The minimum Gasteiger partial charge on any atom is -0.440 e. The van der Waals surface area contributed by atoms with Crippen molar-refractivity contribution in [3.05, 3.63) is 60.0 Å². The lowest BCUT2D eigenvalue weighted by molar-refractivity contribution is 0.555. The topological polar surface area (TPSA) is 60.0 Å². The van der Waals surface area contributed by atoms with Crippen LogP contribution in [0.1, 0.15) is 30.7 Å². The Morgan fingerprint density at radius 1 is 0.966 bits per heavy atom. The fraction of sp³-hybridized carbons (Fsp3) is 0.318. The molecule has 29 heavy (non-hydrogen) atoms. The molecule has 1 saturated heterocycles. The van der Waals surface area contributed by atoms with Crippen LogP contribution in [0.15, 0.2) is 58.1 Å². The van der Waals surface area contributed by atoms with Gasteiger partial charge in [-0.1, -0.05) is 41.6 Å². The average Bonchev–Trinajstić information content (AvgIpc) is 3.37. The summed E-state index contributed by atoms with van der Waals surface area (Å²) in [5.74, 6) is 2.24. The maximum Gasteiger partial charge on any atom is 0.232 e. The lowest BCUT2D eigenvalue weighted by Gasteiger charge is -2.27. The summed E-state index contributed by atoms with van der Waals surface area (Å²) in [6, 6.07) is 16.4. The molecule has 1 aliphatic heterocycles. The Morgan fingerprint density at radius 3 is 2.55 bits per heavy atom. The second-order valence-corrected chi connectivity index (χ2v) is 8.31. The molecule has 0 spiro atoms. The van der Waals surface area contributed by atoms with Gasteiger partial charge in [0.1, 0.15) is 5.52 Å². The SMILES string of the molecule is Cc1ccc(-n2c(SCc3nc4ccccc4o3)nnc2N2CCCCC2)cc1. The minimum atomic E-state index is 0.610. The number of hydrogen-bond donors (Lipinski definition) is 0. The van der Waals surface area contributed by atoms with E-state index in [9.17, 15) is 0 Å². The molecule has 5 rings (SSSR count). The van der Waals surface area contributed by atoms with Gasteiger partial charge in [0.05, 0.1) is 11.4 Å². The fourth-order valence-electron chi connectivity index (χ4n) is 3.68. The average molecular weight is 406 g/mol. The first-order chi connectivity index (χ1) is 14.3. The number of anilines is 1. The van der Waals surface area contributed by atoms with Crippen molar-refractivity contribution < 1.29 is 4.42 Å². The molecule has 148 valence electrons. The van der Waals surface area contributed by atoms with Gasteiger partial charge in [0.2, 0.25) is 11.8 Å². The highest BCUT2D eigenvalue weighted by Crippen LogP contribution is 2.30. The first kappa shape index (κ1) is 18.2. The summed E-state index contributed by atoms with van der Waals surface area (Å²) in [6.07, 6.45) is 3.69. The number of oxazole rings is 1. The fourth-order valence-corrected chi connectivity index (χ4v) is 4.47. The molecular formula is C22H23N5OS. The van der Waals surface area contributed by atoms with Crippen molar-refractivity contribution in [1.82, 2.24) is 19.7 Å². The number of rotatable bonds is 5. The largest absolute Gasteiger partial charge is 0.440 e. The molecule has 2 aromatic carbocycles. The molecule has 1 aliphatic rings. The van der Waals surface area contributed by atoms with E-state index in [0.717, 1.165) is 41.0 Å². The lowest BCUT2D eigenvalue weighted by atomic mass is 10.1. The van der Waals surface area contributed by atoms with E-state index in [2.05, 4.69) is 55.8 Å². The van der Waals surface area contributed by atoms with Gasteiger partial charge >= 0.3 is 0 Å². The molecule has 3 heterocycles. The normalized spacial score (nSPS) is 14.6. The number of hydrogen-bond acceptors (Lipinski definition) is 6. The van der Waals surface area contributed by atoms with E-state index in [1.165, 1.54) is 24.8 Å². The van der Waals surface area contributed by atoms with Crippen LogP contribution in [-0.2, 0) is 5.75 Å². The molecule has 2 aromatic heterocycles. The summed E-state index contributed by atoms with van der Waals surface area (Å²) in [7, 11) is 0. The van der Waals surface area contributed by atoms with E-state index in [1.54, 1.807) is 11.8 Å². The Balaban J connectivity index is 1.46. The van der Waals surface area contributed by atoms with E-state index in [0.29, 0.717) is 11.6 Å². The molecule has 1 fully saturated rings. The van der Waals surface area contributed by atoms with Gasteiger partial charge in [0.15, 0.2) is 10.7 Å². The zero-order valence-electron chi connectivity index (χ0n) is 16.4. The number of fused-ring (bicyclic) bond motifs is 1. The highest BCUT2D eigenvalue weighted by atomic mass is 32.2. The van der Waals surface area contributed by atoms with Gasteiger partial charge in [-0.3, -0.25) is 4.57 Å². The Bertz CT molecular complexity index is 1080. The number of benzene rings is 2. The molecule has 0 amide bonds. The van der Waals surface area contributed by atoms with E-state index in [1.807, 2.05) is 24.3 Å². The van der Waals surface area contributed by atoms with E-state index in [4.69, 9.17) is 4.42 Å². The van der Waals surface area contributed by atoms with Crippen molar-refractivity contribution in [1.29, 1.82) is 0 Å². The highest BCUT2D eigenvalue weighted by molar-refractivity contribution is 7.98. The number of aromatic nitrogens is 4. The first-order valence-corrected chi connectivity index (χ1v) is 11.0. The predicted molar refractivity (Wildman–Crippen MR) is 116 cm³/mol. The standard InChI is InChI=1S/C22H23N5OS/c1-16-9-11-17(12-10-16)27-21(26-13-5-2-6-14-26)24-25-22(27)29-15-20-23-18-7-3-4-8-19(18)28-20/h3-4,7-12H,2,5-6,13-15H2,1H3. The predicted octanol–water partition coefficient (Wildman–Crippen LogP) is 5.00. The molecule has 4 aromatic rings. The van der Waals surface area contributed by atoms with Crippen LogP contribution >= 0.6 is 11.8 Å². The van der Waals surface area contributed by atoms with Crippen LogP contribution in [0.25, 0.3) is 16.8 Å². The molecule has 0 saturated carbocycles. The van der Waals surface area contributed by atoms with Crippen LogP contribution in [0.4, 0.5) is 5.95 Å². The van der Waals surface area contributed by atoms with E-state index >= 15 is 0 Å². The molecule has 0 unspecified atom stereocenters. The Labute approximate surface area is 173 Å². The Morgan fingerprint density at radius 2 is 1.76 bits per heavy atom. The van der Waals surface area contributed by atoms with Crippen LogP contribution < -0.4 is 4.90 Å². The van der Waals surface area contributed by atoms with Crippen molar-refractivity contribution in [2.75, 3.05) is 18.0 Å². The van der Waals surface area contributed by atoms with Crippen LogP contribution in [0, 0.1) is 6.92 Å². The van der Waals surface area contributed by atoms with Gasteiger partial charge < -0.3 is 9.32 Å². The molecule has 6 nitrogen and oxygen atoms in total. The summed E-state index contributed by atoms with van der Waals surface area (Å²) in [6.45, 7) is 4.16. The number of thioether (sulfide) groups is 1. The Hall–Kier alpha value is -2.80. The third kappa shape index (κ3) is 3.74. The van der Waals surface area contributed by atoms with Crippen molar-refractivity contribution in [3.63, 3.8) is 0 Å². The second kappa shape index (κ2) is 7.91. The summed E-state index contributed by atoms with van der Waals surface area (Å²) < 4.78 is 8.04. The van der Waals surface area contributed by atoms with Crippen molar-refractivity contribution in [2.24, 2.45) is 0 Å². The van der Waals surface area contributed by atoms with Crippen LogP contribution in [0.3, 0.4) is 0 Å². The second-order valence-electron chi connectivity index (χ2n) is 7.37. The summed E-state index contributed by atoms with van der Waals surface area (Å²) >= 11 is 1.61. The molecule has 0 atom stereocenters. The number of nitrogens with zero attached hydrogens (tertiary/aromatic N) is 5. The van der Waals surface area contributed by atoms with Crippen molar-refractivity contribution in [2.45, 2.75) is 37.1 Å².